The fourth-order valence-corrected chi connectivity index (χ4v) is 3.94. The summed E-state index contributed by atoms with van der Waals surface area (Å²) in [4.78, 5) is 22.9. The monoisotopic (exact) mass is 330 g/mol. The largest absolute Gasteiger partial charge is 0.375 e. The zero-order valence-electron chi connectivity index (χ0n) is 12.5. The highest BCUT2D eigenvalue weighted by atomic mass is 32.1. The topological polar surface area (TPSA) is 75.0 Å². The van der Waals surface area contributed by atoms with Crippen LogP contribution in [-0.2, 0) is 13.0 Å². The number of aryl methyl sites for hydroxylation is 1. The molecule has 0 unspecified atom stereocenters. The molecule has 1 aliphatic heterocycles. The predicted molar refractivity (Wildman–Crippen MR) is 88.0 cm³/mol. The van der Waals surface area contributed by atoms with Gasteiger partial charge in [0.15, 0.2) is 5.13 Å². The summed E-state index contributed by atoms with van der Waals surface area (Å²) in [6.07, 6.45) is 0.711. The van der Waals surface area contributed by atoms with Gasteiger partial charge in [-0.05, 0) is 30.7 Å². The molecule has 7 heteroatoms. The van der Waals surface area contributed by atoms with Crippen molar-refractivity contribution < 1.29 is 9.18 Å². The van der Waals surface area contributed by atoms with Crippen LogP contribution in [0, 0.1) is 12.7 Å². The van der Waals surface area contributed by atoms with Crippen molar-refractivity contribution in [2.24, 2.45) is 0 Å². The highest BCUT2D eigenvalue weighted by molar-refractivity contribution is 7.15. The second kappa shape index (κ2) is 5.06. The molecular formula is C16H15FN4OS. The number of aromatic amines is 1. The minimum absolute atomic E-state index is 0.0846. The van der Waals surface area contributed by atoms with E-state index in [4.69, 9.17) is 5.73 Å². The molecule has 3 heterocycles. The van der Waals surface area contributed by atoms with Gasteiger partial charge in [0.05, 0.1) is 12.2 Å². The van der Waals surface area contributed by atoms with Crippen molar-refractivity contribution in [1.29, 1.82) is 0 Å². The number of hydrogen-bond donors (Lipinski definition) is 2. The van der Waals surface area contributed by atoms with Crippen molar-refractivity contribution in [3.8, 4) is 0 Å². The fourth-order valence-electron chi connectivity index (χ4n) is 3.05. The number of nitrogens with zero attached hydrogens (tertiary/aromatic N) is 2. The smallest absolute Gasteiger partial charge is 0.270 e. The second-order valence-corrected chi connectivity index (χ2v) is 6.88. The Labute approximate surface area is 135 Å². The standard InChI is InChI=1S/C16H15FN4OS/c1-8-4-9(17)5-12-10(8)6-13(19-12)15(22)21-3-2-11-14(7-21)23-16(18)20-11/h4-6,19H,2-3,7H2,1H3,(H2,18,20). The summed E-state index contributed by atoms with van der Waals surface area (Å²) < 4.78 is 13.5. The number of halogens is 1. The first-order chi connectivity index (χ1) is 11.0. The van der Waals surface area contributed by atoms with Crippen LogP contribution in [0.2, 0.25) is 0 Å². The Balaban J connectivity index is 1.66. The van der Waals surface area contributed by atoms with Crippen LogP contribution < -0.4 is 5.73 Å². The molecule has 0 aliphatic carbocycles. The van der Waals surface area contributed by atoms with E-state index in [1.54, 1.807) is 11.0 Å². The maximum Gasteiger partial charge on any atom is 0.270 e. The first kappa shape index (κ1) is 14.2. The van der Waals surface area contributed by atoms with Crippen molar-refractivity contribution in [2.45, 2.75) is 19.9 Å². The highest BCUT2D eigenvalue weighted by Gasteiger charge is 2.25. The van der Waals surface area contributed by atoms with Gasteiger partial charge in [-0.3, -0.25) is 4.79 Å². The molecule has 0 atom stereocenters. The summed E-state index contributed by atoms with van der Waals surface area (Å²) >= 11 is 1.43. The quantitative estimate of drug-likeness (QED) is 0.720. The maximum absolute atomic E-state index is 13.5. The Kier molecular flexibility index (Phi) is 3.12. The molecule has 118 valence electrons. The molecule has 0 spiro atoms. The van der Waals surface area contributed by atoms with E-state index in [1.807, 2.05) is 6.92 Å². The van der Waals surface area contributed by atoms with Crippen molar-refractivity contribution in [3.05, 3.63) is 45.8 Å². The number of rotatable bonds is 1. The van der Waals surface area contributed by atoms with Crippen LogP contribution in [0.25, 0.3) is 10.9 Å². The lowest BCUT2D eigenvalue weighted by Crippen LogP contribution is -2.35. The number of anilines is 1. The van der Waals surface area contributed by atoms with Crippen LogP contribution >= 0.6 is 11.3 Å². The van der Waals surface area contributed by atoms with E-state index >= 15 is 0 Å². The number of thiazole rings is 1. The van der Waals surface area contributed by atoms with Crippen LogP contribution in [0.15, 0.2) is 18.2 Å². The van der Waals surface area contributed by atoms with Gasteiger partial charge in [0.25, 0.3) is 5.91 Å². The van der Waals surface area contributed by atoms with E-state index in [0.717, 1.165) is 21.5 Å². The van der Waals surface area contributed by atoms with E-state index in [2.05, 4.69) is 9.97 Å². The summed E-state index contributed by atoms with van der Waals surface area (Å²) in [5.41, 5.74) is 8.66. The average molecular weight is 330 g/mol. The molecule has 1 aliphatic rings. The Morgan fingerprint density at radius 3 is 3.09 bits per heavy atom. The van der Waals surface area contributed by atoms with Gasteiger partial charge < -0.3 is 15.6 Å². The van der Waals surface area contributed by atoms with Crippen LogP contribution in [0.5, 0.6) is 0 Å². The van der Waals surface area contributed by atoms with Crippen molar-refractivity contribution in [1.82, 2.24) is 14.9 Å². The van der Waals surface area contributed by atoms with Crippen molar-refractivity contribution in [3.63, 3.8) is 0 Å². The fraction of sp³-hybridized carbons (Fsp3) is 0.250. The predicted octanol–water partition coefficient (Wildman–Crippen LogP) is 2.85. The molecule has 3 N–H and O–H groups in total. The van der Waals surface area contributed by atoms with Gasteiger partial charge in [-0.2, -0.15) is 0 Å². The Morgan fingerprint density at radius 1 is 1.43 bits per heavy atom. The van der Waals surface area contributed by atoms with E-state index in [0.29, 0.717) is 35.9 Å². The van der Waals surface area contributed by atoms with Gasteiger partial charge in [0, 0.05) is 28.7 Å². The van der Waals surface area contributed by atoms with Gasteiger partial charge in [-0.15, -0.1) is 11.3 Å². The average Bonchev–Trinajstić information content (AvgIpc) is 3.07. The summed E-state index contributed by atoms with van der Waals surface area (Å²) in [5, 5.41) is 1.41. The number of nitrogen functional groups attached to an aromatic ring is 1. The molecule has 0 bridgehead atoms. The van der Waals surface area contributed by atoms with Crippen LogP contribution in [0.1, 0.15) is 26.6 Å². The molecule has 0 saturated carbocycles. The first-order valence-corrected chi connectivity index (χ1v) is 8.15. The summed E-state index contributed by atoms with van der Waals surface area (Å²) in [6.45, 7) is 2.96. The maximum atomic E-state index is 13.5. The van der Waals surface area contributed by atoms with E-state index in [9.17, 15) is 9.18 Å². The number of carbonyl (C=O) groups excluding carboxylic acids is 1. The van der Waals surface area contributed by atoms with Crippen LogP contribution in [-0.4, -0.2) is 27.3 Å². The molecule has 1 aromatic carbocycles. The number of nitrogens with two attached hydrogens (primary N) is 1. The Morgan fingerprint density at radius 2 is 2.26 bits per heavy atom. The molecule has 0 radical (unpaired) electrons. The number of aromatic nitrogens is 2. The molecule has 1 amide bonds. The summed E-state index contributed by atoms with van der Waals surface area (Å²) in [7, 11) is 0. The van der Waals surface area contributed by atoms with E-state index < -0.39 is 0 Å². The van der Waals surface area contributed by atoms with Crippen molar-refractivity contribution >= 4 is 33.3 Å². The second-order valence-electron chi connectivity index (χ2n) is 5.77. The molecule has 0 fully saturated rings. The zero-order chi connectivity index (χ0) is 16.1. The molecular weight excluding hydrogens is 315 g/mol. The van der Waals surface area contributed by atoms with Crippen molar-refractivity contribution in [2.75, 3.05) is 12.3 Å². The number of hydrogen-bond acceptors (Lipinski definition) is 4. The number of amides is 1. The number of carbonyl (C=O) groups is 1. The van der Waals surface area contributed by atoms with Gasteiger partial charge in [-0.1, -0.05) is 0 Å². The van der Waals surface area contributed by atoms with Crippen LogP contribution in [0.4, 0.5) is 9.52 Å². The number of fused-ring (bicyclic) bond motifs is 2. The van der Waals surface area contributed by atoms with Gasteiger partial charge in [0.2, 0.25) is 0 Å². The third-order valence-electron chi connectivity index (χ3n) is 4.18. The van der Waals surface area contributed by atoms with E-state index in [1.165, 1.54) is 23.5 Å². The molecule has 5 nitrogen and oxygen atoms in total. The first-order valence-electron chi connectivity index (χ1n) is 7.33. The minimum Gasteiger partial charge on any atom is -0.375 e. The lowest BCUT2D eigenvalue weighted by atomic mass is 10.1. The number of H-pyrrole nitrogens is 1. The summed E-state index contributed by atoms with van der Waals surface area (Å²) in [5.74, 6) is -0.391. The Hall–Kier alpha value is -2.41. The minimum atomic E-state index is -0.307. The molecule has 23 heavy (non-hydrogen) atoms. The number of nitrogens with one attached hydrogen (secondary N) is 1. The third kappa shape index (κ3) is 2.37. The zero-order valence-corrected chi connectivity index (χ0v) is 13.3. The normalized spacial score (nSPS) is 14.3. The summed E-state index contributed by atoms with van der Waals surface area (Å²) in [6, 6.07) is 4.68. The Bertz CT molecular complexity index is 930. The van der Waals surface area contributed by atoms with Gasteiger partial charge in [0.1, 0.15) is 11.5 Å². The highest BCUT2D eigenvalue weighted by Crippen LogP contribution is 2.28. The van der Waals surface area contributed by atoms with Gasteiger partial charge >= 0.3 is 0 Å². The molecule has 3 aromatic rings. The molecule has 4 rings (SSSR count). The number of benzene rings is 1. The molecule has 0 saturated heterocycles. The lowest BCUT2D eigenvalue weighted by molar-refractivity contribution is 0.0731. The lowest BCUT2D eigenvalue weighted by Gasteiger charge is -2.25. The SMILES string of the molecule is Cc1cc(F)cc2[nH]c(C(=O)N3CCc4nc(N)sc4C3)cc12. The third-order valence-corrected chi connectivity index (χ3v) is 5.09. The molecule has 2 aromatic heterocycles. The van der Waals surface area contributed by atoms with E-state index in [-0.39, 0.29) is 11.7 Å². The van der Waals surface area contributed by atoms with Gasteiger partial charge in [-0.25, -0.2) is 9.37 Å². The van der Waals surface area contributed by atoms with Crippen LogP contribution in [0.3, 0.4) is 0 Å².